The number of nitrogens with one attached hydrogen (secondary N) is 1. The highest BCUT2D eigenvalue weighted by Gasteiger charge is 2.18. The van der Waals surface area contributed by atoms with E-state index in [-0.39, 0.29) is 5.82 Å². The fourth-order valence-electron chi connectivity index (χ4n) is 2.83. The second kappa shape index (κ2) is 6.59. The van der Waals surface area contributed by atoms with Crippen LogP contribution in [0.1, 0.15) is 23.1 Å². The summed E-state index contributed by atoms with van der Waals surface area (Å²) in [5, 5.41) is 3.49. The summed E-state index contributed by atoms with van der Waals surface area (Å²) in [6, 6.07) is 12.0. The summed E-state index contributed by atoms with van der Waals surface area (Å²) in [6.07, 6.45) is 3.19. The molecule has 0 radical (unpaired) electrons. The van der Waals surface area contributed by atoms with Gasteiger partial charge in [0.2, 0.25) is 0 Å². The molecule has 0 fully saturated rings. The van der Waals surface area contributed by atoms with Crippen LogP contribution in [0, 0.1) is 5.82 Å². The Bertz CT molecular complexity index is 657. The van der Waals surface area contributed by atoms with Gasteiger partial charge in [-0.25, -0.2) is 4.39 Å². The SMILES string of the molecule is Fc1ccc(Br)cc1CNC1CCc2cc(Br)ccc2C1. The van der Waals surface area contributed by atoms with E-state index in [0.717, 1.165) is 28.2 Å². The Hall–Kier alpha value is -0.710. The maximum absolute atomic E-state index is 13.7. The second-order valence-electron chi connectivity index (χ2n) is 5.47. The van der Waals surface area contributed by atoms with Crippen molar-refractivity contribution in [2.75, 3.05) is 0 Å². The van der Waals surface area contributed by atoms with Gasteiger partial charge in [-0.2, -0.15) is 0 Å². The third-order valence-electron chi connectivity index (χ3n) is 3.99. The van der Waals surface area contributed by atoms with E-state index in [9.17, 15) is 4.39 Å². The predicted molar refractivity (Wildman–Crippen MR) is 90.9 cm³/mol. The van der Waals surface area contributed by atoms with Gasteiger partial charge in [0, 0.05) is 27.1 Å². The molecule has 2 aromatic carbocycles. The second-order valence-corrected chi connectivity index (χ2v) is 7.30. The van der Waals surface area contributed by atoms with Gasteiger partial charge in [0.15, 0.2) is 0 Å². The zero-order valence-electron chi connectivity index (χ0n) is 11.5. The van der Waals surface area contributed by atoms with Crippen LogP contribution in [0.3, 0.4) is 0 Å². The summed E-state index contributed by atoms with van der Waals surface area (Å²) in [4.78, 5) is 0. The first-order valence-electron chi connectivity index (χ1n) is 7.06. The summed E-state index contributed by atoms with van der Waals surface area (Å²) in [7, 11) is 0. The Labute approximate surface area is 141 Å². The molecular weight excluding hydrogens is 397 g/mol. The standard InChI is InChI=1S/C17H16Br2FN/c18-14-3-1-12-9-16(5-2-11(12)7-14)21-10-13-8-15(19)4-6-17(13)20/h1,3-4,6-8,16,21H,2,5,9-10H2. The molecular formula is C17H16Br2FN. The lowest BCUT2D eigenvalue weighted by Crippen LogP contribution is -2.34. The molecule has 3 rings (SSSR count). The molecule has 1 unspecified atom stereocenters. The molecule has 110 valence electrons. The Balaban J connectivity index is 1.65. The lowest BCUT2D eigenvalue weighted by Gasteiger charge is -2.26. The fraction of sp³-hybridized carbons (Fsp3) is 0.294. The Morgan fingerprint density at radius 3 is 2.67 bits per heavy atom. The van der Waals surface area contributed by atoms with Crippen molar-refractivity contribution in [1.82, 2.24) is 5.32 Å². The molecule has 0 amide bonds. The van der Waals surface area contributed by atoms with E-state index >= 15 is 0 Å². The van der Waals surface area contributed by atoms with E-state index in [1.54, 1.807) is 6.07 Å². The lowest BCUT2D eigenvalue weighted by molar-refractivity contribution is 0.451. The number of benzene rings is 2. The Morgan fingerprint density at radius 2 is 1.81 bits per heavy atom. The molecule has 1 aliphatic carbocycles. The van der Waals surface area contributed by atoms with Gasteiger partial charge < -0.3 is 5.32 Å². The van der Waals surface area contributed by atoms with Crippen molar-refractivity contribution in [2.45, 2.75) is 31.8 Å². The highest BCUT2D eigenvalue weighted by Crippen LogP contribution is 2.25. The average molecular weight is 413 g/mol. The van der Waals surface area contributed by atoms with E-state index in [1.807, 2.05) is 6.07 Å². The number of hydrogen-bond donors (Lipinski definition) is 1. The Morgan fingerprint density at radius 1 is 1.05 bits per heavy atom. The summed E-state index contributed by atoms with van der Waals surface area (Å²) in [5.74, 6) is -0.147. The van der Waals surface area contributed by atoms with Gasteiger partial charge in [-0.3, -0.25) is 0 Å². The molecule has 0 saturated heterocycles. The summed E-state index contributed by atoms with van der Waals surface area (Å²) in [6.45, 7) is 0.571. The van der Waals surface area contributed by atoms with Crippen molar-refractivity contribution in [3.05, 3.63) is 67.9 Å². The molecule has 4 heteroatoms. The molecule has 1 nitrogen and oxygen atoms in total. The van der Waals surface area contributed by atoms with Crippen LogP contribution in [0.5, 0.6) is 0 Å². The van der Waals surface area contributed by atoms with Crippen LogP contribution >= 0.6 is 31.9 Å². The summed E-state index contributed by atoms with van der Waals surface area (Å²) in [5.41, 5.74) is 3.54. The van der Waals surface area contributed by atoms with Crippen LogP contribution < -0.4 is 5.32 Å². The minimum Gasteiger partial charge on any atom is -0.309 e. The molecule has 1 atom stereocenters. The molecule has 0 aliphatic heterocycles. The van der Waals surface area contributed by atoms with E-state index < -0.39 is 0 Å². The molecule has 0 aromatic heterocycles. The van der Waals surface area contributed by atoms with Crippen molar-refractivity contribution in [3.63, 3.8) is 0 Å². The number of hydrogen-bond acceptors (Lipinski definition) is 1. The molecule has 2 aromatic rings. The Kier molecular flexibility index (Phi) is 4.77. The van der Waals surface area contributed by atoms with Crippen molar-refractivity contribution in [2.24, 2.45) is 0 Å². The number of fused-ring (bicyclic) bond motifs is 1. The van der Waals surface area contributed by atoms with Gasteiger partial charge in [0.05, 0.1) is 0 Å². The fourth-order valence-corrected chi connectivity index (χ4v) is 3.65. The molecule has 1 N–H and O–H groups in total. The van der Waals surface area contributed by atoms with Gasteiger partial charge >= 0.3 is 0 Å². The molecule has 1 aliphatic rings. The highest BCUT2D eigenvalue weighted by atomic mass is 79.9. The van der Waals surface area contributed by atoms with Crippen LogP contribution in [0.15, 0.2) is 45.3 Å². The minimum atomic E-state index is -0.147. The maximum Gasteiger partial charge on any atom is 0.127 e. The first-order valence-corrected chi connectivity index (χ1v) is 8.65. The van der Waals surface area contributed by atoms with Crippen LogP contribution in [0.25, 0.3) is 0 Å². The average Bonchev–Trinajstić information content (AvgIpc) is 2.48. The van der Waals surface area contributed by atoms with E-state index in [0.29, 0.717) is 18.2 Å². The van der Waals surface area contributed by atoms with Crippen LogP contribution in [0.4, 0.5) is 4.39 Å². The topological polar surface area (TPSA) is 12.0 Å². The van der Waals surface area contributed by atoms with E-state index in [2.05, 4.69) is 55.4 Å². The van der Waals surface area contributed by atoms with Gasteiger partial charge in [-0.15, -0.1) is 0 Å². The third-order valence-corrected chi connectivity index (χ3v) is 4.97. The van der Waals surface area contributed by atoms with Crippen molar-refractivity contribution in [1.29, 1.82) is 0 Å². The minimum absolute atomic E-state index is 0.147. The zero-order valence-corrected chi connectivity index (χ0v) is 14.7. The van der Waals surface area contributed by atoms with Gasteiger partial charge in [-0.1, -0.05) is 37.9 Å². The van der Waals surface area contributed by atoms with Crippen LogP contribution in [-0.2, 0) is 19.4 Å². The van der Waals surface area contributed by atoms with Gasteiger partial charge in [0.1, 0.15) is 5.82 Å². The zero-order chi connectivity index (χ0) is 14.8. The molecule has 0 saturated carbocycles. The third kappa shape index (κ3) is 3.74. The lowest BCUT2D eigenvalue weighted by atomic mass is 9.88. The number of rotatable bonds is 3. The summed E-state index contributed by atoms with van der Waals surface area (Å²) < 4.78 is 15.8. The first kappa shape index (κ1) is 15.2. The monoisotopic (exact) mass is 411 g/mol. The van der Waals surface area contributed by atoms with E-state index in [4.69, 9.17) is 0 Å². The number of halogens is 3. The smallest absolute Gasteiger partial charge is 0.127 e. The normalized spacial score (nSPS) is 17.6. The first-order chi connectivity index (χ1) is 10.1. The van der Waals surface area contributed by atoms with Crippen molar-refractivity contribution >= 4 is 31.9 Å². The molecule has 0 bridgehead atoms. The van der Waals surface area contributed by atoms with Gasteiger partial charge in [0.25, 0.3) is 0 Å². The van der Waals surface area contributed by atoms with Crippen LogP contribution in [-0.4, -0.2) is 6.04 Å². The quantitative estimate of drug-likeness (QED) is 0.748. The van der Waals surface area contributed by atoms with Crippen LogP contribution in [0.2, 0.25) is 0 Å². The van der Waals surface area contributed by atoms with Gasteiger partial charge in [-0.05, 0) is 60.7 Å². The highest BCUT2D eigenvalue weighted by molar-refractivity contribution is 9.10. The van der Waals surface area contributed by atoms with Crippen molar-refractivity contribution in [3.8, 4) is 0 Å². The molecule has 0 heterocycles. The summed E-state index contributed by atoms with van der Waals surface area (Å²) >= 11 is 6.91. The number of aryl methyl sites for hydroxylation is 1. The molecule has 0 spiro atoms. The maximum atomic E-state index is 13.7. The predicted octanol–water partition coefficient (Wildman–Crippen LogP) is 5.00. The molecule has 21 heavy (non-hydrogen) atoms. The van der Waals surface area contributed by atoms with E-state index in [1.165, 1.54) is 17.2 Å². The van der Waals surface area contributed by atoms with Crippen molar-refractivity contribution < 1.29 is 4.39 Å². The largest absolute Gasteiger partial charge is 0.309 e.